The van der Waals surface area contributed by atoms with Crippen LogP contribution in [0.1, 0.15) is 279 Å². The Morgan fingerprint density at radius 2 is 0.656 bits per heavy atom. The number of likely N-dealkylation sites (N-methyl/N-ethyl adjacent to an activating group) is 1. The number of amides is 1. The minimum atomic E-state index is 0.207. The second-order valence-electron chi connectivity index (χ2n) is 34.9. The average Bonchev–Trinajstić information content (AvgIpc) is 0.993. The zero-order chi connectivity index (χ0) is 74.4. The first kappa shape index (κ1) is 101. The molecule has 0 aliphatic carbocycles. The maximum Gasteiger partial charge on any atom is 0.219 e. The highest BCUT2D eigenvalue weighted by Gasteiger charge is 2.27. The summed E-state index contributed by atoms with van der Waals surface area (Å²) in [6.45, 7) is 103. The molecule has 9 fully saturated rings. The molecule has 0 aromatic rings. The van der Waals surface area contributed by atoms with Crippen LogP contribution in [0.4, 0.5) is 0 Å². The first-order valence-electron chi connectivity index (χ1n) is 40.7. The van der Waals surface area contributed by atoms with E-state index in [2.05, 4.69) is 275 Å². The van der Waals surface area contributed by atoms with Gasteiger partial charge in [-0.2, -0.15) is 0 Å². The summed E-state index contributed by atoms with van der Waals surface area (Å²) in [6.07, 6.45) is 12.5. The molecular weight excluding hydrogens is 1180 g/mol. The van der Waals surface area contributed by atoms with E-state index in [-0.39, 0.29) is 5.91 Å². The van der Waals surface area contributed by atoms with E-state index in [0.29, 0.717) is 23.2 Å². The lowest BCUT2D eigenvalue weighted by Gasteiger charge is -2.43. The van der Waals surface area contributed by atoms with Crippen molar-refractivity contribution in [3.63, 3.8) is 0 Å². The average molecular weight is 1370 g/mol. The Balaban J connectivity index is -0.000000489. The fourth-order valence-corrected chi connectivity index (χ4v) is 11.0. The van der Waals surface area contributed by atoms with Crippen LogP contribution in [0.3, 0.4) is 0 Å². The summed E-state index contributed by atoms with van der Waals surface area (Å²) in [5, 5.41) is 12.9. The van der Waals surface area contributed by atoms with Crippen molar-refractivity contribution in [2.24, 2.45) is 35.5 Å². The fraction of sp³-hybridized carbons (Fsp3) is 0.988. The van der Waals surface area contributed by atoms with Crippen LogP contribution >= 0.6 is 0 Å². The SMILES string of the molecule is C1CCNCC1.CC(=O)N1CCN(C(C)C)CC1.CC(C)C.CC(C)C.CC(C)C.CC(C)C.CC(C)N1CCCCC1.CC(C)N1CCN(C(C)(C)C)CC1.CC1CN1.CCCN1CCN(C(C)C)CC1.CCN1CCN(C(C)(C)C)CC1.C[C@@H]1CCNC1.C[C@H]1CCNC1. The van der Waals surface area contributed by atoms with E-state index in [1.807, 2.05) is 4.90 Å². The van der Waals surface area contributed by atoms with E-state index in [4.69, 9.17) is 0 Å². The second kappa shape index (κ2) is 62.5. The molecule has 3 atom stereocenters. The fourth-order valence-electron chi connectivity index (χ4n) is 11.0. The molecule has 14 heteroatoms. The molecule has 9 aliphatic rings. The van der Waals surface area contributed by atoms with Gasteiger partial charge in [-0.15, -0.1) is 0 Å². The Morgan fingerprint density at radius 1 is 0.375 bits per heavy atom. The molecule has 582 valence electrons. The van der Waals surface area contributed by atoms with E-state index in [1.165, 1.54) is 208 Å². The normalized spacial score (nSPS) is 22.3. The standard InChI is InChI=1S/C11H24N2.2C10H22N2.C9H18N2O.C8H17N.3C5H11N.4C4H10.C3H7N/c1-10(2)12-6-8-13(9-7-12)11(3,4)5;1-5-11-6-8-12(9-7-11)10(2,3)4;1-4-5-11-6-8-12(9-7-11)10(2)3;1-8(2)10-4-6-11(7-5-10)9(3)12;1-8(2)9-6-4-3-5-7-9;2*1-5-2-3-6-4-5;1-2-4-6-5-3-1;4*1-4(2)3;1-3-2-4-3/h10H,6-9H2,1-5H3;5-9H2,1-4H3;10H,4-9H2,1-3H3;8H,4-7H2,1-3H3;8H,3-7H2,1-2H3;2*5-6H,2-4H2,1H3;6H,1-5H2;4*4H,1-3H3;3-4H,2H2,1H3/t;;;;;2*5-;;;;;;/m.....10....../s1. The van der Waals surface area contributed by atoms with E-state index in [1.54, 1.807) is 6.92 Å². The highest BCUT2D eigenvalue weighted by atomic mass is 16.2. The number of carbonyl (C=O) groups is 1. The lowest BCUT2D eigenvalue weighted by atomic mass is 10.0. The molecule has 9 aliphatic heterocycles. The summed E-state index contributed by atoms with van der Waals surface area (Å²) in [4.78, 5) is 33.2. The van der Waals surface area contributed by atoms with Gasteiger partial charge in [0.1, 0.15) is 0 Å². The van der Waals surface area contributed by atoms with Crippen molar-refractivity contribution in [3.05, 3.63) is 0 Å². The number of nitrogens with zero attached hydrogens (tertiary/aromatic N) is 9. The molecule has 0 bridgehead atoms. The van der Waals surface area contributed by atoms with Gasteiger partial charge in [-0.05, 0) is 250 Å². The molecule has 0 spiro atoms. The summed E-state index contributed by atoms with van der Waals surface area (Å²) in [7, 11) is 0. The molecular formula is C82H183N13O. The Kier molecular flexibility index (Phi) is 66.0. The molecule has 0 aromatic carbocycles. The smallest absolute Gasteiger partial charge is 0.219 e. The molecule has 0 saturated carbocycles. The van der Waals surface area contributed by atoms with E-state index >= 15 is 0 Å². The number of rotatable bonds is 7. The lowest BCUT2D eigenvalue weighted by Crippen LogP contribution is -2.54. The largest absolute Gasteiger partial charge is 0.340 e. The van der Waals surface area contributed by atoms with Crippen molar-refractivity contribution in [3.8, 4) is 0 Å². The van der Waals surface area contributed by atoms with Gasteiger partial charge in [0.2, 0.25) is 5.91 Å². The zero-order valence-electron chi connectivity index (χ0n) is 71.7. The summed E-state index contributed by atoms with van der Waals surface area (Å²) in [5.41, 5.74) is 0.711. The molecule has 0 aromatic heterocycles. The maximum atomic E-state index is 11.0. The monoisotopic (exact) mass is 1370 g/mol. The molecule has 1 unspecified atom stereocenters. The van der Waals surface area contributed by atoms with Gasteiger partial charge < -0.3 is 40.9 Å². The van der Waals surface area contributed by atoms with Gasteiger partial charge in [-0.3, -0.25) is 29.3 Å². The first-order chi connectivity index (χ1) is 44.7. The van der Waals surface area contributed by atoms with Crippen LogP contribution in [0.25, 0.3) is 0 Å². The van der Waals surface area contributed by atoms with E-state index in [9.17, 15) is 4.79 Å². The summed E-state index contributed by atoms with van der Waals surface area (Å²) in [5.74, 6) is 5.41. The van der Waals surface area contributed by atoms with Crippen LogP contribution in [-0.4, -0.2) is 268 Å². The van der Waals surface area contributed by atoms with E-state index in [0.717, 1.165) is 79.8 Å². The van der Waals surface area contributed by atoms with Crippen molar-refractivity contribution < 1.29 is 4.79 Å². The topological polar surface area (TPSA) is 104 Å². The quantitative estimate of drug-likeness (QED) is 0.182. The lowest BCUT2D eigenvalue weighted by molar-refractivity contribution is -0.130. The van der Waals surface area contributed by atoms with Gasteiger partial charge in [-0.25, -0.2) is 0 Å². The number of carbonyl (C=O) groups excluding carboxylic acids is 1. The minimum Gasteiger partial charge on any atom is -0.340 e. The highest BCUT2D eigenvalue weighted by molar-refractivity contribution is 5.73. The number of hydrogen-bond acceptors (Lipinski definition) is 13. The minimum absolute atomic E-state index is 0.207. The number of likely N-dealkylation sites (tertiary alicyclic amines) is 1. The van der Waals surface area contributed by atoms with Crippen LogP contribution in [0.15, 0.2) is 0 Å². The van der Waals surface area contributed by atoms with Crippen LogP contribution < -0.4 is 21.3 Å². The molecule has 9 rings (SSSR count). The summed E-state index contributed by atoms with van der Waals surface area (Å²) in [6, 6.07) is 3.65. The van der Waals surface area contributed by atoms with Crippen molar-refractivity contribution in [1.29, 1.82) is 0 Å². The van der Waals surface area contributed by atoms with Gasteiger partial charge >= 0.3 is 0 Å². The third-order valence-corrected chi connectivity index (χ3v) is 17.5. The van der Waals surface area contributed by atoms with Crippen LogP contribution in [0.5, 0.6) is 0 Å². The predicted molar refractivity (Wildman–Crippen MR) is 434 cm³/mol. The molecule has 4 N–H and O–H groups in total. The van der Waals surface area contributed by atoms with Crippen molar-refractivity contribution >= 4 is 5.91 Å². The Bertz CT molecular complexity index is 1530. The zero-order valence-corrected chi connectivity index (χ0v) is 71.7. The Labute approximate surface area is 606 Å². The molecule has 1 amide bonds. The first-order valence-corrected chi connectivity index (χ1v) is 40.7. The molecule has 14 nitrogen and oxygen atoms in total. The van der Waals surface area contributed by atoms with Gasteiger partial charge in [0.15, 0.2) is 0 Å². The van der Waals surface area contributed by atoms with Crippen LogP contribution in [-0.2, 0) is 4.79 Å². The highest BCUT2D eigenvalue weighted by Crippen LogP contribution is 2.18. The van der Waals surface area contributed by atoms with Crippen molar-refractivity contribution in [2.75, 3.05) is 177 Å². The number of nitrogens with one attached hydrogen (secondary N) is 4. The third kappa shape index (κ3) is 68.7. The van der Waals surface area contributed by atoms with Crippen LogP contribution in [0.2, 0.25) is 0 Å². The third-order valence-electron chi connectivity index (χ3n) is 17.5. The number of hydrogen-bond donors (Lipinski definition) is 4. The van der Waals surface area contributed by atoms with Gasteiger partial charge in [0, 0.05) is 159 Å². The van der Waals surface area contributed by atoms with Crippen molar-refractivity contribution in [1.82, 2.24) is 65.4 Å². The second-order valence-corrected chi connectivity index (χ2v) is 34.9. The number of piperazine rings is 4. The molecule has 96 heavy (non-hydrogen) atoms. The van der Waals surface area contributed by atoms with E-state index < -0.39 is 0 Å². The Morgan fingerprint density at radius 3 is 0.854 bits per heavy atom. The van der Waals surface area contributed by atoms with Gasteiger partial charge in [-0.1, -0.05) is 124 Å². The number of piperidine rings is 2. The Hall–Kier alpha value is -1.01. The van der Waals surface area contributed by atoms with Crippen LogP contribution in [0, 0.1) is 35.5 Å². The predicted octanol–water partition coefficient (Wildman–Crippen LogP) is 15.7. The van der Waals surface area contributed by atoms with Crippen molar-refractivity contribution in [2.45, 2.75) is 321 Å². The summed E-state index contributed by atoms with van der Waals surface area (Å²) >= 11 is 0. The molecule has 9 saturated heterocycles. The summed E-state index contributed by atoms with van der Waals surface area (Å²) < 4.78 is 0. The van der Waals surface area contributed by atoms with Gasteiger partial charge in [0.25, 0.3) is 0 Å². The molecule has 0 radical (unpaired) electrons. The van der Waals surface area contributed by atoms with Gasteiger partial charge in [0.05, 0.1) is 0 Å². The molecule has 9 heterocycles. The maximum absolute atomic E-state index is 11.0.